The van der Waals surface area contributed by atoms with Crippen LogP contribution in [0.2, 0.25) is 0 Å². The van der Waals surface area contributed by atoms with Gasteiger partial charge in [-0.3, -0.25) is 14.6 Å². The molecule has 4 aliphatic rings. The Morgan fingerprint density at radius 3 is 2.26 bits per heavy atom. The molecule has 7 rings (SSSR count). The Labute approximate surface area is 222 Å². The summed E-state index contributed by atoms with van der Waals surface area (Å²) in [5.41, 5.74) is 1.33. The number of aromatic nitrogens is 5. The van der Waals surface area contributed by atoms with Crippen molar-refractivity contribution in [3.05, 3.63) is 39.9 Å². The van der Waals surface area contributed by atoms with Gasteiger partial charge in [0.05, 0.1) is 11.6 Å². The molecule has 2 aromatic heterocycles. The molecule has 1 N–H and O–H groups in total. The Morgan fingerprint density at radius 2 is 1.53 bits per heavy atom. The number of H-pyrrole nitrogens is 1. The molecule has 1 atom stereocenters. The van der Waals surface area contributed by atoms with E-state index in [0.717, 1.165) is 55.7 Å². The van der Waals surface area contributed by atoms with Crippen LogP contribution in [0.3, 0.4) is 0 Å². The van der Waals surface area contributed by atoms with Gasteiger partial charge in [-0.25, -0.2) is 4.68 Å². The van der Waals surface area contributed by atoms with Gasteiger partial charge in [-0.05, 0) is 48.2 Å². The lowest BCUT2D eigenvalue weighted by molar-refractivity contribution is 0.0610. The third kappa shape index (κ3) is 4.47. The Morgan fingerprint density at radius 1 is 0.842 bits per heavy atom. The van der Waals surface area contributed by atoms with Crippen molar-refractivity contribution >= 4 is 10.9 Å². The lowest BCUT2D eigenvalue weighted by atomic mass is 9.93. The minimum Gasteiger partial charge on any atom is -0.454 e. The van der Waals surface area contributed by atoms with Gasteiger partial charge in [-0.1, -0.05) is 38.5 Å². The zero-order valence-corrected chi connectivity index (χ0v) is 22.0. The summed E-state index contributed by atoms with van der Waals surface area (Å²) in [4.78, 5) is 21.9. The number of benzene rings is 1. The monoisotopic (exact) mass is 519 g/mol. The number of aromatic amines is 1. The van der Waals surface area contributed by atoms with Crippen LogP contribution in [0.1, 0.15) is 87.7 Å². The van der Waals surface area contributed by atoms with Gasteiger partial charge in [0.1, 0.15) is 6.04 Å². The first-order valence-corrected chi connectivity index (χ1v) is 14.5. The van der Waals surface area contributed by atoms with Crippen molar-refractivity contribution < 1.29 is 9.47 Å². The summed E-state index contributed by atoms with van der Waals surface area (Å²) < 4.78 is 13.2. The molecule has 0 radical (unpaired) electrons. The summed E-state index contributed by atoms with van der Waals surface area (Å²) in [6.45, 7) is 3.99. The average Bonchev–Trinajstić information content (AvgIpc) is 3.63. The zero-order valence-electron chi connectivity index (χ0n) is 22.0. The van der Waals surface area contributed by atoms with E-state index >= 15 is 0 Å². The first-order chi connectivity index (χ1) is 18.7. The fourth-order valence-electron chi connectivity index (χ4n) is 7.09. The Kier molecular flexibility index (Phi) is 6.53. The second-order valence-electron chi connectivity index (χ2n) is 11.4. The molecule has 1 aromatic carbocycles. The molecule has 10 heteroatoms. The van der Waals surface area contributed by atoms with Crippen LogP contribution in [-0.4, -0.2) is 74.0 Å². The van der Waals surface area contributed by atoms with E-state index in [1.54, 1.807) is 0 Å². The maximum absolute atomic E-state index is 13.7. The molecule has 0 amide bonds. The normalized spacial score (nSPS) is 22.7. The summed E-state index contributed by atoms with van der Waals surface area (Å²) in [7, 11) is 0. The first-order valence-electron chi connectivity index (χ1n) is 14.5. The Bertz CT molecular complexity index is 1330. The Hall–Kier alpha value is -2.98. The molecule has 4 heterocycles. The van der Waals surface area contributed by atoms with Crippen molar-refractivity contribution in [2.24, 2.45) is 0 Å². The lowest BCUT2D eigenvalue weighted by Gasteiger charge is -2.43. The topological polar surface area (TPSA) is 101 Å². The molecule has 0 spiro atoms. The molecule has 3 fully saturated rings. The highest BCUT2D eigenvalue weighted by atomic mass is 16.7. The van der Waals surface area contributed by atoms with Crippen LogP contribution in [0.5, 0.6) is 11.5 Å². The summed E-state index contributed by atoms with van der Waals surface area (Å²) in [6.07, 6.45) is 12.5. The van der Waals surface area contributed by atoms with Gasteiger partial charge in [0.25, 0.3) is 5.56 Å². The van der Waals surface area contributed by atoms with Gasteiger partial charge < -0.3 is 14.5 Å². The highest BCUT2D eigenvalue weighted by Crippen LogP contribution is 2.37. The van der Waals surface area contributed by atoms with E-state index in [4.69, 9.17) is 9.47 Å². The number of pyridine rings is 1. The summed E-state index contributed by atoms with van der Waals surface area (Å²) in [5.74, 6) is 2.16. The van der Waals surface area contributed by atoms with E-state index < -0.39 is 0 Å². The predicted octanol–water partition coefficient (Wildman–Crippen LogP) is 3.79. The molecule has 1 unspecified atom stereocenters. The minimum absolute atomic E-state index is 0.103. The molecular formula is C28H37N7O3. The fourth-order valence-corrected chi connectivity index (χ4v) is 7.09. The number of fused-ring (bicyclic) bond motifs is 2. The van der Waals surface area contributed by atoms with Gasteiger partial charge in [0, 0.05) is 49.2 Å². The van der Waals surface area contributed by atoms with Gasteiger partial charge >= 0.3 is 0 Å². The minimum atomic E-state index is -0.306. The molecule has 202 valence electrons. The van der Waals surface area contributed by atoms with E-state index in [1.165, 1.54) is 51.4 Å². The third-order valence-corrected chi connectivity index (χ3v) is 9.15. The number of hydrogen-bond acceptors (Lipinski definition) is 8. The smallest absolute Gasteiger partial charge is 0.253 e. The Balaban J connectivity index is 1.26. The van der Waals surface area contributed by atoms with E-state index in [9.17, 15) is 4.79 Å². The standard InChI is InChI=1S/C28H37N7O3/c36-28-22(15-19-16-24-25(38-18-37-24)17-23(19)29-28)26(27-30-31-32-35(27)21-9-5-2-6-10-21)34-13-11-33(12-14-34)20-7-3-1-4-8-20/h15-17,20-21,26H,1-14,18H2,(H,29,36). The second-order valence-corrected chi connectivity index (χ2v) is 11.4. The van der Waals surface area contributed by atoms with Crippen molar-refractivity contribution in [3.8, 4) is 11.5 Å². The number of ether oxygens (including phenoxy) is 2. The van der Waals surface area contributed by atoms with Crippen LogP contribution < -0.4 is 15.0 Å². The second kappa shape index (κ2) is 10.3. The van der Waals surface area contributed by atoms with Crippen molar-refractivity contribution in [3.63, 3.8) is 0 Å². The van der Waals surface area contributed by atoms with Crippen LogP contribution in [0.25, 0.3) is 10.9 Å². The molecular weight excluding hydrogens is 482 g/mol. The molecule has 1 saturated heterocycles. The molecule has 0 bridgehead atoms. The summed E-state index contributed by atoms with van der Waals surface area (Å²) in [5, 5.41) is 14.1. The fraction of sp³-hybridized carbons (Fsp3) is 0.643. The maximum Gasteiger partial charge on any atom is 0.253 e. The molecule has 2 saturated carbocycles. The van der Waals surface area contributed by atoms with E-state index in [-0.39, 0.29) is 24.4 Å². The molecule has 2 aliphatic carbocycles. The van der Waals surface area contributed by atoms with Crippen molar-refractivity contribution in [1.82, 2.24) is 35.0 Å². The first kappa shape index (κ1) is 24.1. The van der Waals surface area contributed by atoms with Gasteiger partial charge in [0.15, 0.2) is 17.3 Å². The zero-order chi connectivity index (χ0) is 25.5. The van der Waals surface area contributed by atoms with Crippen LogP contribution in [0.15, 0.2) is 23.0 Å². The van der Waals surface area contributed by atoms with Crippen LogP contribution >= 0.6 is 0 Å². The third-order valence-electron chi connectivity index (χ3n) is 9.15. The van der Waals surface area contributed by atoms with Gasteiger partial charge in [-0.15, -0.1) is 5.10 Å². The SMILES string of the molecule is O=c1[nH]c2cc3c(cc2cc1C(c1nnnn1C1CCCCC1)N1CCN(C2CCCCC2)CC1)OCO3. The number of nitrogens with one attached hydrogen (secondary N) is 1. The van der Waals surface area contributed by atoms with E-state index in [0.29, 0.717) is 23.1 Å². The molecule has 38 heavy (non-hydrogen) atoms. The summed E-state index contributed by atoms with van der Waals surface area (Å²) >= 11 is 0. The van der Waals surface area contributed by atoms with E-state index in [2.05, 4.69) is 30.3 Å². The maximum atomic E-state index is 13.7. The van der Waals surface area contributed by atoms with E-state index in [1.807, 2.05) is 22.9 Å². The summed E-state index contributed by atoms with van der Waals surface area (Å²) in [6, 6.07) is 6.50. The number of rotatable bonds is 5. The average molecular weight is 520 g/mol. The predicted molar refractivity (Wildman–Crippen MR) is 142 cm³/mol. The molecule has 2 aliphatic heterocycles. The quantitative estimate of drug-likeness (QED) is 0.543. The number of piperazine rings is 1. The largest absolute Gasteiger partial charge is 0.454 e. The van der Waals surface area contributed by atoms with Crippen LogP contribution in [0, 0.1) is 0 Å². The van der Waals surface area contributed by atoms with Crippen molar-refractivity contribution in [1.29, 1.82) is 0 Å². The highest BCUT2D eigenvalue weighted by Gasteiger charge is 2.36. The van der Waals surface area contributed by atoms with Gasteiger partial charge in [0.2, 0.25) is 6.79 Å². The molecule has 10 nitrogen and oxygen atoms in total. The van der Waals surface area contributed by atoms with Gasteiger partial charge in [-0.2, -0.15) is 0 Å². The lowest BCUT2D eigenvalue weighted by Crippen LogP contribution is -2.52. The number of tetrazole rings is 1. The van der Waals surface area contributed by atoms with Crippen LogP contribution in [-0.2, 0) is 0 Å². The number of hydrogen-bond donors (Lipinski definition) is 1. The number of nitrogens with zero attached hydrogens (tertiary/aromatic N) is 6. The van der Waals surface area contributed by atoms with Crippen molar-refractivity contribution in [2.45, 2.75) is 82.3 Å². The van der Waals surface area contributed by atoms with Crippen LogP contribution in [0.4, 0.5) is 0 Å². The highest BCUT2D eigenvalue weighted by molar-refractivity contribution is 5.83. The molecule has 3 aromatic rings. The van der Waals surface area contributed by atoms with Crippen molar-refractivity contribution in [2.75, 3.05) is 33.0 Å².